The Balaban J connectivity index is 1.46. The molecule has 0 aromatic heterocycles. The second-order valence-corrected chi connectivity index (χ2v) is 8.49. The molecule has 3 aromatic carbocycles. The summed E-state index contributed by atoms with van der Waals surface area (Å²) in [6, 6.07) is 17.8. The van der Waals surface area contributed by atoms with Gasteiger partial charge in [0.25, 0.3) is 0 Å². The van der Waals surface area contributed by atoms with Gasteiger partial charge >= 0.3 is 0 Å². The fourth-order valence-corrected chi connectivity index (χ4v) is 3.79. The number of Topliss-reactive ketones (excluding diaryl/α,β-unsaturated/α-hetero) is 1. The number of hydrogen-bond donors (Lipinski definition) is 4. The van der Waals surface area contributed by atoms with Crippen LogP contribution < -0.4 is 9.47 Å². The number of aryl methyl sites for hydroxylation is 2. The summed E-state index contributed by atoms with van der Waals surface area (Å²) in [7, 11) is 1.47. The molecule has 0 bridgehead atoms. The Labute approximate surface area is 205 Å². The fraction of sp³-hybridized carbons (Fsp3) is 0.321. The molecule has 0 spiro atoms. The minimum absolute atomic E-state index is 0.0275. The highest BCUT2D eigenvalue weighted by molar-refractivity contribution is 5.79. The lowest BCUT2D eigenvalue weighted by Crippen LogP contribution is -2.15. The van der Waals surface area contributed by atoms with Gasteiger partial charge in [-0.1, -0.05) is 36.4 Å². The van der Waals surface area contributed by atoms with Crippen molar-refractivity contribution in [2.24, 2.45) is 0 Å². The van der Waals surface area contributed by atoms with Crippen LogP contribution in [0.2, 0.25) is 0 Å². The van der Waals surface area contributed by atoms with Gasteiger partial charge < -0.3 is 29.9 Å². The van der Waals surface area contributed by atoms with Gasteiger partial charge in [0.2, 0.25) is 5.75 Å². The first-order valence-corrected chi connectivity index (χ1v) is 11.6. The number of carbonyl (C=O) groups is 1. The van der Waals surface area contributed by atoms with Crippen LogP contribution in [0.3, 0.4) is 0 Å². The van der Waals surface area contributed by atoms with E-state index in [1.807, 2.05) is 30.3 Å². The van der Waals surface area contributed by atoms with Gasteiger partial charge in [-0.25, -0.2) is 0 Å². The number of phenolic OH excluding ortho intramolecular Hbond substituents is 3. The van der Waals surface area contributed by atoms with Crippen molar-refractivity contribution in [2.45, 2.75) is 44.6 Å². The zero-order valence-electron chi connectivity index (χ0n) is 19.8. The predicted octanol–water partition coefficient (Wildman–Crippen LogP) is 4.32. The topological polar surface area (TPSA) is 116 Å². The average molecular weight is 481 g/mol. The second-order valence-electron chi connectivity index (χ2n) is 8.49. The molecule has 7 heteroatoms. The van der Waals surface area contributed by atoms with E-state index in [2.05, 4.69) is 0 Å². The number of rotatable bonds is 13. The van der Waals surface area contributed by atoms with E-state index < -0.39 is 6.10 Å². The maximum Gasteiger partial charge on any atom is 0.200 e. The molecule has 4 N–H and O–H groups in total. The van der Waals surface area contributed by atoms with Gasteiger partial charge in [-0.15, -0.1) is 0 Å². The number of aromatic hydroxyl groups is 3. The van der Waals surface area contributed by atoms with Crippen molar-refractivity contribution in [1.82, 2.24) is 0 Å². The Hall–Kier alpha value is -3.71. The Kier molecular flexibility index (Phi) is 9.38. The molecule has 186 valence electrons. The second kappa shape index (κ2) is 12.7. The first-order chi connectivity index (χ1) is 16.9. The summed E-state index contributed by atoms with van der Waals surface area (Å²) in [5, 5.41) is 40.2. The average Bonchev–Trinajstić information content (AvgIpc) is 2.85. The molecule has 0 radical (unpaired) electrons. The van der Waals surface area contributed by atoms with Crippen molar-refractivity contribution in [3.63, 3.8) is 0 Å². The third-order valence-electron chi connectivity index (χ3n) is 5.77. The molecule has 0 aliphatic heterocycles. The highest BCUT2D eigenvalue weighted by atomic mass is 16.5. The summed E-state index contributed by atoms with van der Waals surface area (Å²) in [6.45, 7) is 0.338. The lowest BCUT2D eigenvalue weighted by molar-refractivity contribution is -0.121. The third-order valence-corrected chi connectivity index (χ3v) is 5.77. The van der Waals surface area contributed by atoms with Gasteiger partial charge in [-0.3, -0.25) is 4.79 Å². The van der Waals surface area contributed by atoms with Crippen LogP contribution in [0.15, 0.2) is 60.7 Å². The molecule has 0 aliphatic rings. The molecule has 1 atom stereocenters. The van der Waals surface area contributed by atoms with E-state index in [4.69, 9.17) is 9.47 Å². The molecule has 3 aromatic rings. The van der Waals surface area contributed by atoms with Crippen LogP contribution in [0.5, 0.6) is 28.7 Å². The fourth-order valence-electron chi connectivity index (χ4n) is 3.79. The summed E-state index contributed by atoms with van der Waals surface area (Å²) in [6.07, 6.45) is 1.35. The Morgan fingerprint density at radius 3 is 2.31 bits per heavy atom. The van der Waals surface area contributed by atoms with Crippen molar-refractivity contribution in [1.29, 1.82) is 0 Å². The molecule has 0 saturated carbocycles. The van der Waals surface area contributed by atoms with Gasteiger partial charge in [-0.05, 0) is 60.2 Å². The Morgan fingerprint density at radius 1 is 0.829 bits per heavy atom. The number of aliphatic hydroxyl groups excluding tert-OH is 1. The number of hydrogen-bond acceptors (Lipinski definition) is 7. The molecular weight excluding hydrogens is 448 g/mol. The number of ether oxygens (including phenoxy) is 2. The number of methoxy groups -OCH3 is 1. The summed E-state index contributed by atoms with van der Waals surface area (Å²) < 4.78 is 10.8. The van der Waals surface area contributed by atoms with Crippen LogP contribution in [0, 0.1) is 0 Å². The zero-order chi connectivity index (χ0) is 25.2. The van der Waals surface area contributed by atoms with Crippen molar-refractivity contribution in [3.8, 4) is 28.7 Å². The third kappa shape index (κ3) is 7.93. The van der Waals surface area contributed by atoms with Crippen LogP contribution in [0.25, 0.3) is 0 Å². The van der Waals surface area contributed by atoms with Crippen LogP contribution in [-0.4, -0.2) is 46.0 Å². The molecule has 0 amide bonds. The number of phenols is 3. The lowest BCUT2D eigenvalue weighted by Gasteiger charge is -2.13. The quantitative estimate of drug-likeness (QED) is 0.269. The maximum absolute atomic E-state index is 12.3. The van der Waals surface area contributed by atoms with Crippen LogP contribution in [0.4, 0.5) is 0 Å². The first kappa shape index (κ1) is 25.9. The largest absolute Gasteiger partial charge is 0.504 e. The van der Waals surface area contributed by atoms with Crippen molar-refractivity contribution in [2.75, 3.05) is 13.7 Å². The van der Waals surface area contributed by atoms with Gasteiger partial charge in [0, 0.05) is 19.3 Å². The number of aliphatic hydroxyl groups is 1. The van der Waals surface area contributed by atoms with E-state index in [0.717, 1.165) is 11.1 Å². The predicted molar refractivity (Wildman–Crippen MR) is 132 cm³/mol. The van der Waals surface area contributed by atoms with Crippen LogP contribution in [-0.2, 0) is 24.1 Å². The van der Waals surface area contributed by atoms with Crippen LogP contribution >= 0.6 is 0 Å². The van der Waals surface area contributed by atoms with Gasteiger partial charge in [0.1, 0.15) is 5.78 Å². The minimum atomic E-state index is -0.824. The molecule has 0 saturated heterocycles. The maximum atomic E-state index is 12.3. The van der Waals surface area contributed by atoms with Gasteiger partial charge in [0.15, 0.2) is 23.0 Å². The van der Waals surface area contributed by atoms with E-state index in [1.54, 1.807) is 18.2 Å². The first-order valence-electron chi connectivity index (χ1n) is 11.6. The Morgan fingerprint density at radius 2 is 1.57 bits per heavy atom. The molecule has 3 rings (SSSR count). The molecule has 0 aliphatic carbocycles. The highest BCUT2D eigenvalue weighted by Crippen LogP contribution is 2.37. The highest BCUT2D eigenvalue weighted by Gasteiger charge is 2.15. The van der Waals surface area contributed by atoms with Crippen molar-refractivity contribution >= 4 is 5.78 Å². The van der Waals surface area contributed by atoms with E-state index in [9.17, 15) is 25.2 Å². The van der Waals surface area contributed by atoms with E-state index in [1.165, 1.54) is 19.2 Å². The van der Waals surface area contributed by atoms with Gasteiger partial charge in [-0.2, -0.15) is 0 Å². The molecule has 0 fully saturated rings. The monoisotopic (exact) mass is 480 g/mol. The summed E-state index contributed by atoms with van der Waals surface area (Å²) in [5.41, 5.74) is 2.66. The standard InChI is InChI=1S/C28H32O7/c1-34-26-16-20(9-12-24(26)31)7-10-22(29)18-23(30)11-8-21-15-25(32)28(33)27(17-21)35-14-13-19-5-3-2-4-6-19/h2-6,9,12,15-17,23,30-33H,7-8,10-11,13-14,18H2,1H3. The summed E-state index contributed by atoms with van der Waals surface area (Å²) in [5.74, 6) is -0.0806. The molecule has 1 unspecified atom stereocenters. The molecule has 0 heterocycles. The smallest absolute Gasteiger partial charge is 0.200 e. The van der Waals surface area contributed by atoms with Crippen LogP contribution in [0.1, 0.15) is 36.0 Å². The Bertz CT molecular complexity index is 1110. The molecule has 7 nitrogen and oxygen atoms in total. The lowest BCUT2D eigenvalue weighted by atomic mass is 9.99. The zero-order valence-corrected chi connectivity index (χ0v) is 19.8. The summed E-state index contributed by atoms with van der Waals surface area (Å²) in [4.78, 5) is 12.3. The minimum Gasteiger partial charge on any atom is -0.504 e. The normalized spacial score (nSPS) is 11.7. The number of carbonyl (C=O) groups excluding carboxylic acids is 1. The number of ketones is 1. The van der Waals surface area contributed by atoms with E-state index >= 15 is 0 Å². The number of benzene rings is 3. The summed E-state index contributed by atoms with van der Waals surface area (Å²) >= 11 is 0. The molecular formula is C28H32O7. The van der Waals surface area contributed by atoms with Crippen molar-refractivity contribution in [3.05, 3.63) is 77.4 Å². The van der Waals surface area contributed by atoms with Crippen molar-refractivity contribution < 1.29 is 34.7 Å². The van der Waals surface area contributed by atoms with Gasteiger partial charge in [0.05, 0.1) is 19.8 Å². The SMILES string of the molecule is COc1cc(CCC(=O)CC(O)CCc2cc(O)c(O)c(OCCc3ccccc3)c2)ccc1O. The van der Waals surface area contributed by atoms with E-state index in [-0.39, 0.29) is 41.6 Å². The molecule has 35 heavy (non-hydrogen) atoms. The van der Waals surface area contributed by atoms with E-state index in [0.29, 0.717) is 43.6 Å².